The lowest BCUT2D eigenvalue weighted by atomic mass is 10.1. The van der Waals surface area contributed by atoms with Gasteiger partial charge in [-0.1, -0.05) is 164 Å². The summed E-state index contributed by atoms with van der Waals surface area (Å²) in [7, 11) is -3.79. The summed E-state index contributed by atoms with van der Waals surface area (Å²) in [5.41, 5.74) is 5.40. The smallest absolute Gasteiger partial charge is 0.164 e. The minimum absolute atomic E-state index is 0.630. The summed E-state index contributed by atoms with van der Waals surface area (Å²) < 4.78 is 0. The monoisotopic (exact) mass is 831 g/mol. The van der Waals surface area contributed by atoms with Crippen molar-refractivity contribution in [1.82, 2.24) is 15.0 Å². The van der Waals surface area contributed by atoms with Gasteiger partial charge in [0, 0.05) is 55.9 Å². The molecule has 0 fully saturated rings. The number of aromatic nitrogens is 3. The maximum Gasteiger partial charge on any atom is 0.164 e. The fraction of sp³-hybridized carbons (Fsp3) is 0. The minimum Gasteiger partial charge on any atom is -0.208 e. The van der Waals surface area contributed by atoms with Gasteiger partial charge < -0.3 is 0 Å². The van der Waals surface area contributed by atoms with E-state index in [-0.39, 0.29) is 0 Å². The van der Waals surface area contributed by atoms with Crippen LogP contribution < -0.4 is 0 Å². The van der Waals surface area contributed by atoms with E-state index in [9.17, 15) is 0 Å². The van der Waals surface area contributed by atoms with Crippen LogP contribution in [0.15, 0.2) is 288 Å². The molecule has 0 atom stereocenters. The molecule has 0 spiro atoms. The lowest BCUT2D eigenvalue weighted by molar-refractivity contribution is 1.07. The molecule has 2 heterocycles. The number of nitrogens with zero attached hydrogens (tertiary/aromatic N) is 3. The Morgan fingerprint density at radius 2 is 0.629 bits per heavy atom. The van der Waals surface area contributed by atoms with Gasteiger partial charge in [-0.2, -0.15) is 0 Å². The minimum atomic E-state index is -1.93. The van der Waals surface area contributed by atoms with Crippen molar-refractivity contribution in [2.75, 3.05) is 0 Å². The molecule has 62 heavy (non-hydrogen) atoms. The molecule has 9 aromatic carbocycles. The third-order valence-corrected chi connectivity index (χ3v) is 19.5. The zero-order chi connectivity index (χ0) is 41.4. The van der Waals surface area contributed by atoms with Crippen molar-refractivity contribution < 1.29 is 0 Å². The highest BCUT2D eigenvalue weighted by Crippen LogP contribution is 2.80. The zero-order valence-electron chi connectivity index (χ0n) is 33.8. The van der Waals surface area contributed by atoms with Crippen molar-refractivity contribution in [2.45, 2.75) is 39.2 Å². The normalized spacial score (nSPS) is 13.4. The predicted molar refractivity (Wildman–Crippen MR) is 255 cm³/mol. The molecule has 296 valence electrons. The van der Waals surface area contributed by atoms with Crippen LogP contribution >= 0.6 is 20.1 Å². The lowest BCUT2D eigenvalue weighted by Crippen LogP contribution is -2.06. The van der Waals surface area contributed by atoms with Crippen LogP contribution in [-0.4, -0.2) is 15.0 Å². The van der Waals surface area contributed by atoms with E-state index in [1.807, 2.05) is 18.2 Å². The van der Waals surface area contributed by atoms with Gasteiger partial charge >= 0.3 is 0 Å². The van der Waals surface area contributed by atoms with Gasteiger partial charge in [-0.25, -0.2) is 15.0 Å². The van der Waals surface area contributed by atoms with E-state index in [0.29, 0.717) is 17.5 Å². The van der Waals surface area contributed by atoms with E-state index < -0.39 is 20.1 Å². The molecular formula is C57H41N3S2. The molecule has 0 amide bonds. The largest absolute Gasteiger partial charge is 0.208 e. The van der Waals surface area contributed by atoms with E-state index in [4.69, 9.17) is 15.0 Å². The maximum absolute atomic E-state index is 5.39. The second-order valence-corrected chi connectivity index (χ2v) is 21.4. The van der Waals surface area contributed by atoms with Crippen LogP contribution in [0, 0.1) is 0 Å². The van der Waals surface area contributed by atoms with Gasteiger partial charge in [0.2, 0.25) is 0 Å². The number of fused-ring (bicyclic) bond motifs is 3. The average Bonchev–Trinajstić information content (AvgIpc) is 3.67. The van der Waals surface area contributed by atoms with Gasteiger partial charge in [-0.3, -0.25) is 0 Å². The second kappa shape index (κ2) is 15.9. The molecule has 1 aliphatic heterocycles. The quantitative estimate of drug-likeness (QED) is 0.145. The average molecular weight is 832 g/mol. The topological polar surface area (TPSA) is 38.7 Å². The Bertz CT molecular complexity index is 2910. The van der Waals surface area contributed by atoms with Gasteiger partial charge in [-0.15, -0.1) is 20.1 Å². The first kappa shape index (κ1) is 37.7. The van der Waals surface area contributed by atoms with Crippen LogP contribution in [0.4, 0.5) is 0 Å². The molecule has 3 nitrogen and oxygen atoms in total. The Balaban J connectivity index is 1.13. The van der Waals surface area contributed by atoms with Crippen LogP contribution in [0.3, 0.4) is 0 Å². The molecule has 1 aliphatic rings. The van der Waals surface area contributed by atoms with Crippen molar-refractivity contribution in [3.05, 3.63) is 249 Å². The van der Waals surface area contributed by atoms with E-state index >= 15 is 0 Å². The number of hydrogen-bond donors (Lipinski definition) is 0. The SMILES string of the molecule is c1ccc(-c2nc(-c3cccc(S(c4ccccc4)(c4ccccc4)c4ccccc4)c3)nc(-c3cccc(S4(c5ccccc5)c5ccccc5-c5ccccc54)c3)n2)cc1. The highest BCUT2D eigenvalue weighted by Gasteiger charge is 2.42. The Kier molecular flexibility index (Phi) is 9.69. The highest BCUT2D eigenvalue weighted by molar-refractivity contribution is 8.34. The van der Waals surface area contributed by atoms with Gasteiger partial charge in [0.15, 0.2) is 17.5 Å². The van der Waals surface area contributed by atoms with Gasteiger partial charge in [0.05, 0.1) is 0 Å². The summed E-state index contributed by atoms with van der Waals surface area (Å²) >= 11 is 0. The first-order chi connectivity index (χ1) is 30.7. The first-order valence-corrected chi connectivity index (χ1v) is 24.1. The van der Waals surface area contributed by atoms with E-state index in [2.05, 4.69) is 231 Å². The third kappa shape index (κ3) is 6.20. The summed E-state index contributed by atoms with van der Waals surface area (Å²) in [6.45, 7) is 0. The van der Waals surface area contributed by atoms with Crippen molar-refractivity contribution >= 4 is 20.1 Å². The fourth-order valence-corrected chi connectivity index (χ4v) is 17.2. The summed E-state index contributed by atoms with van der Waals surface area (Å²) in [6.07, 6.45) is 0. The number of benzene rings is 9. The summed E-state index contributed by atoms with van der Waals surface area (Å²) in [5.74, 6) is 1.90. The molecule has 10 aromatic rings. The van der Waals surface area contributed by atoms with Gasteiger partial charge in [0.1, 0.15) is 0 Å². The van der Waals surface area contributed by atoms with E-state index in [0.717, 1.165) is 16.7 Å². The first-order valence-electron chi connectivity index (χ1n) is 20.8. The second-order valence-electron chi connectivity index (χ2n) is 15.2. The van der Waals surface area contributed by atoms with Crippen LogP contribution in [0.2, 0.25) is 0 Å². The summed E-state index contributed by atoms with van der Waals surface area (Å²) in [4.78, 5) is 26.1. The number of hydrogen-bond acceptors (Lipinski definition) is 3. The summed E-state index contributed by atoms with van der Waals surface area (Å²) in [6, 6.07) is 89.9. The molecule has 0 radical (unpaired) electrons. The molecule has 0 bridgehead atoms. The van der Waals surface area contributed by atoms with Crippen molar-refractivity contribution in [3.63, 3.8) is 0 Å². The van der Waals surface area contributed by atoms with E-state index in [1.54, 1.807) is 0 Å². The van der Waals surface area contributed by atoms with E-state index in [1.165, 1.54) is 50.3 Å². The van der Waals surface area contributed by atoms with Crippen LogP contribution in [0.25, 0.3) is 45.3 Å². The summed E-state index contributed by atoms with van der Waals surface area (Å²) in [5, 5.41) is 0. The maximum atomic E-state index is 5.39. The molecule has 5 heteroatoms. The Labute approximate surface area is 366 Å². The highest BCUT2D eigenvalue weighted by atomic mass is 32.3. The number of rotatable bonds is 9. The molecular weight excluding hydrogens is 791 g/mol. The molecule has 0 aliphatic carbocycles. The zero-order valence-corrected chi connectivity index (χ0v) is 35.5. The molecule has 0 N–H and O–H groups in total. The third-order valence-electron chi connectivity index (χ3n) is 11.7. The fourth-order valence-electron chi connectivity index (χ4n) is 8.99. The molecule has 0 unspecified atom stereocenters. The van der Waals surface area contributed by atoms with Crippen LogP contribution in [0.1, 0.15) is 0 Å². The predicted octanol–water partition coefficient (Wildman–Crippen LogP) is 15.5. The molecule has 11 rings (SSSR count). The van der Waals surface area contributed by atoms with Crippen LogP contribution in [-0.2, 0) is 0 Å². The van der Waals surface area contributed by atoms with Crippen LogP contribution in [0.5, 0.6) is 0 Å². The Hall–Kier alpha value is -7.31. The van der Waals surface area contributed by atoms with Gasteiger partial charge in [-0.05, 0) is 96.1 Å². The van der Waals surface area contributed by atoms with Gasteiger partial charge in [0.25, 0.3) is 0 Å². The molecule has 1 aromatic heterocycles. The lowest BCUT2D eigenvalue weighted by Gasteiger charge is -2.42. The molecule has 0 saturated carbocycles. The molecule has 0 saturated heterocycles. The van der Waals surface area contributed by atoms with Crippen molar-refractivity contribution in [3.8, 4) is 45.3 Å². The Morgan fingerprint density at radius 1 is 0.274 bits per heavy atom. The van der Waals surface area contributed by atoms with Crippen molar-refractivity contribution in [1.29, 1.82) is 0 Å². The van der Waals surface area contributed by atoms with Crippen molar-refractivity contribution in [2.24, 2.45) is 0 Å². The Morgan fingerprint density at radius 3 is 1.15 bits per heavy atom. The standard InChI is InChI=1S/C57H41N3S2/c1-6-22-42(23-7-1)55-58-56(43-24-20-34-49(40-43)61(45-26-8-2-9-27-45,46-28-10-3-11-29-46)47-30-12-4-13-31-47)60-57(59-55)44-25-21-35-50(41-44)62(48-32-14-5-15-33-48)53-38-18-16-36-51(53)52-37-17-19-39-54(52)62/h1-41H.